The van der Waals surface area contributed by atoms with Crippen LogP contribution >= 0.6 is 0 Å². The van der Waals surface area contributed by atoms with E-state index in [1.165, 1.54) is 0 Å². The fraction of sp³-hybridized carbons (Fsp3) is 0.0351. The minimum atomic E-state index is 0.344. The molecule has 1 aliphatic carbocycles. The zero-order valence-corrected chi connectivity index (χ0v) is 34.2. The minimum Gasteiger partial charge on any atom is -0.456 e. The number of benzene rings is 8. The van der Waals surface area contributed by atoms with Gasteiger partial charge in [0.15, 0.2) is 0 Å². The molecule has 7 nitrogen and oxygen atoms in total. The van der Waals surface area contributed by atoms with Gasteiger partial charge in [-0.1, -0.05) is 115 Å². The Morgan fingerprint density at radius 2 is 0.969 bits per heavy atom. The predicted molar refractivity (Wildman–Crippen MR) is 256 cm³/mol. The molecule has 0 fully saturated rings. The van der Waals surface area contributed by atoms with Crippen LogP contribution in [0.25, 0.3) is 111 Å². The van der Waals surface area contributed by atoms with Crippen molar-refractivity contribution >= 4 is 82.5 Å². The monoisotopic (exact) mass is 816 g/mol. The van der Waals surface area contributed by atoms with E-state index in [0.717, 1.165) is 112 Å². The topological polar surface area (TPSA) is 99.3 Å². The van der Waals surface area contributed by atoms with Crippen LogP contribution in [0.1, 0.15) is 34.4 Å². The summed E-state index contributed by atoms with van der Waals surface area (Å²) < 4.78 is 13.1. The molecule has 0 amide bonds. The van der Waals surface area contributed by atoms with Crippen LogP contribution in [0, 0.1) is 34.0 Å². The first-order chi connectivity index (χ1) is 31.7. The molecule has 4 aromatic heterocycles. The van der Waals surface area contributed by atoms with Crippen molar-refractivity contribution in [2.24, 2.45) is 0 Å². The van der Waals surface area contributed by atoms with E-state index >= 15 is 0 Å². The van der Waals surface area contributed by atoms with Crippen LogP contribution in [-0.4, -0.2) is 13.7 Å². The number of aromatic nitrogens is 3. The second-order valence-electron chi connectivity index (χ2n) is 16.4. The van der Waals surface area contributed by atoms with Crippen molar-refractivity contribution in [2.45, 2.75) is 12.8 Å². The quantitative estimate of drug-likeness (QED) is 0.177. The second-order valence-corrected chi connectivity index (χ2v) is 16.4. The molecular weight excluding hydrogens is 785 g/mol. The maximum absolute atomic E-state index is 12.1. The fourth-order valence-electron chi connectivity index (χ4n) is 10.6. The third kappa shape index (κ3) is 4.77. The molecule has 64 heavy (non-hydrogen) atoms. The van der Waals surface area contributed by atoms with Crippen LogP contribution in [0.2, 0.25) is 0 Å². The summed E-state index contributed by atoms with van der Waals surface area (Å²) in [6.07, 6.45) is 6.01. The van der Waals surface area contributed by atoms with Crippen molar-refractivity contribution < 1.29 is 4.42 Å². The third-order valence-electron chi connectivity index (χ3n) is 13.2. The lowest BCUT2D eigenvalue weighted by Gasteiger charge is -2.27. The average Bonchev–Trinajstić information content (AvgIpc) is 4.08. The number of nitriles is 3. The summed E-state index contributed by atoms with van der Waals surface area (Å²) in [5, 5.41) is 41.2. The molecule has 0 spiro atoms. The van der Waals surface area contributed by atoms with Crippen LogP contribution in [0.5, 0.6) is 0 Å². The van der Waals surface area contributed by atoms with E-state index in [0.29, 0.717) is 33.8 Å². The lowest BCUT2D eigenvalue weighted by Crippen LogP contribution is -2.15. The van der Waals surface area contributed by atoms with Gasteiger partial charge in [0.05, 0.1) is 56.3 Å². The smallest absolute Gasteiger partial charge is 0.136 e. The van der Waals surface area contributed by atoms with Gasteiger partial charge < -0.3 is 18.1 Å². The molecule has 1 aliphatic rings. The standard InChI is InChI=1S/C57H32N6O/c58-31-34-25-27-35(28-26-34)54-56(61-46-19-7-1-13-36(46)37-14-2-8-20-47(37)61)44(32-59)55(45(33-60)57(54)62-48-21-9-3-15-38(48)39-16-4-10-22-49(39)62)63-50-23-11-5-17-40(50)42-30-53-43(29-51(42)63)41-18-6-12-24-52(41)64-53/h1-9,11-21,23-30H,10,22H2. The van der Waals surface area contributed by atoms with Gasteiger partial charge in [0.1, 0.15) is 34.4 Å². The molecule has 8 aromatic carbocycles. The van der Waals surface area contributed by atoms with Gasteiger partial charge in [0.25, 0.3) is 0 Å². The van der Waals surface area contributed by atoms with Crippen LogP contribution in [0.15, 0.2) is 168 Å². The zero-order valence-electron chi connectivity index (χ0n) is 34.2. The molecular formula is C57H32N6O. The van der Waals surface area contributed by atoms with Crippen LogP contribution in [0.3, 0.4) is 0 Å². The highest BCUT2D eigenvalue weighted by Gasteiger charge is 2.34. The molecule has 0 saturated heterocycles. The summed E-state index contributed by atoms with van der Waals surface area (Å²) in [7, 11) is 0. The van der Waals surface area contributed by atoms with Crippen LogP contribution in [0.4, 0.5) is 0 Å². The number of furan rings is 1. The zero-order chi connectivity index (χ0) is 42.6. The lowest BCUT2D eigenvalue weighted by atomic mass is 9.91. The Morgan fingerprint density at radius 3 is 1.59 bits per heavy atom. The second kappa shape index (κ2) is 13.5. The average molecular weight is 817 g/mol. The molecule has 0 bridgehead atoms. The first kappa shape index (κ1) is 35.6. The number of hydrogen-bond acceptors (Lipinski definition) is 4. The molecule has 0 aliphatic heterocycles. The molecule has 0 unspecified atom stereocenters. The Labute approximate surface area is 366 Å². The number of nitrogens with zero attached hydrogens (tertiary/aromatic N) is 6. The van der Waals surface area contributed by atoms with Gasteiger partial charge >= 0.3 is 0 Å². The number of hydrogen-bond donors (Lipinski definition) is 0. The summed E-state index contributed by atoms with van der Waals surface area (Å²) >= 11 is 0. The largest absolute Gasteiger partial charge is 0.456 e. The van der Waals surface area contributed by atoms with Crippen molar-refractivity contribution in [3.63, 3.8) is 0 Å². The van der Waals surface area contributed by atoms with Crippen molar-refractivity contribution in [1.82, 2.24) is 13.7 Å². The maximum Gasteiger partial charge on any atom is 0.136 e. The van der Waals surface area contributed by atoms with E-state index in [9.17, 15) is 15.8 Å². The molecule has 4 heterocycles. The van der Waals surface area contributed by atoms with Gasteiger partial charge in [0, 0.05) is 54.5 Å². The molecule has 0 saturated carbocycles. The van der Waals surface area contributed by atoms with Crippen molar-refractivity contribution in [2.75, 3.05) is 0 Å². The minimum absolute atomic E-state index is 0.344. The molecule has 12 aromatic rings. The number of fused-ring (bicyclic) bond motifs is 12. The van der Waals surface area contributed by atoms with Gasteiger partial charge in [-0.15, -0.1) is 0 Å². The van der Waals surface area contributed by atoms with Gasteiger partial charge in [-0.3, -0.25) is 0 Å². The summed E-state index contributed by atoms with van der Waals surface area (Å²) in [4.78, 5) is 0. The predicted octanol–water partition coefficient (Wildman–Crippen LogP) is 14.0. The Bertz CT molecular complexity index is 4110. The number of allylic oxidation sites excluding steroid dienone is 1. The van der Waals surface area contributed by atoms with Crippen molar-refractivity contribution in [3.05, 3.63) is 192 Å². The highest BCUT2D eigenvalue weighted by Crippen LogP contribution is 2.49. The summed E-state index contributed by atoms with van der Waals surface area (Å²) in [6, 6.07) is 60.9. The molecule has 0 N–H and O–H groups in total. The molecule has 0 radical (unpaired) electrons. The Kier molecular flexibility index (Phi) is 7.49. The Hall–Kier alpha value is -9.09. The lowest BCUT2D eigenvalue weighted by molar-refractivity contribution is 0.669. The van der Waals surface area contributed by atoms with E-state index in [2.05, 4.69) is 117 Å². The van der Waals surface area contributed by atoms with E-state index in [4.69, 9.17) is 4.42 Å². The van der Waals surface area contributed by atoms with Gasteiger partial charge in [-0.25, -0.2) is 0 Å². The Morgan fingerprint density at radius 1 is 0.438 bits per heavy atom. The van der Waals surface area contributed by atoms with Gasteiger partial charge in [-0.05, 0) is 73.0 Å². The highest BCUT2D eigenvalue weighted by atomic mass is 16.3. The molecule has 7 heteroatoms. The summed E-state index contributed by atoms with van der Waals surface area (Å²) in [5.74, 6) is 0. The molecule has 296 valence electrons. The highest BCUT2D eigenvalue weighted by molar-refractivity contribution is 6.18. The van der Waals surface area contributed by atoms with Crippen molar-refractivity contribution in [1.29, 1.82) is 15.8 Å². The van der Waals surface area contributed by atoms with Gasteiger partial charge in [0.2, 0.25) is 0 Å². The fourth-order valence-corrected chi connectivity index (χ4v) is 10.6. The Balaban J connectivity index is 1.33. The van der Waals surface area contributed by atoms with Gasteiger partial charge in [-0.2, -0.15) is 15.8 Å². The molecule has 13 rings (SSSR count). The van der Waals surface area contributed by atoms with E-state index < -0.39 is 0 Å². The third-order valence-corrected chi connectivity index (χ3v) is 13.2. The van der Waals surface area contributed by atoms with E-state index in [1.807, 2.05) is 84.9 Å². The van der Waals surface area contributed by atoms with E-state index in [-0.39, 0.29) is 0 Å². The van der Waals surface area contributed by atoms with E-state index in [1.54, 1.807) is 0 Å². The number of para-hydroxylation sites is 5. The normalized spacial score (nSPS) is 12.5. The summed E-state index contributed by atoms with van der Waals surface area (Å²) in [6.45, 7) is 0. The SMILES string of the molecule is N#Cc1ccc(-c2c(-n3c4c(c5ccccc53)C=CCC4)c(C#N)c(-n3c4ccccc4c4cc5oc6ccccc6c5cc43)c(C#N)c2-n2c3ccccc3c3ccccc32)cc1. The summed E-state index contributed by atoms with van der Waals surface area (Å²) in [5.41, 5.74) is 12.8. The first-order valence-corrected chi connectivity index (χ1v) is 21.3. The maximum atomic E-state index is 12.1. The number of rotatable bonds is 4. The first-order valence-electron chi connectivity index (χ1n) is 21.3. The van der Waals surface area contributed by atoms with Crippen LogP contribution in [-0.2, 0) is 6.42 Å². The van der Waals surface area contributed by atoms with Crippen molar-refractivity contribution in [3.8, 4) is 46.4 Å². The molecule has 0 atom stereocenters. The van der Waals surface area contributed by atoms with Crippen LogP contribution < -0.4 is 0 Å².